The zero-order chi connectivity index (χ0) is 20.5. The predicted octanol–water partition coefficient (Wildman–Crippen LogP) is 4.15. The predicted molar refractivity (Wildman–Crippen MR) is 112 cm³/mol. The average molecular weight is 463 g/mol. The quantitative estimate of drug-likeness (QED) is 0.529. The number of sulfonamides is 1. The van der Waals surface area contributed by atoms with Gasteiger partial charge in [0.2, 0.25) is 0 Å². The summed E-state index contributed by atoms with van der Waals surface area (Å²) in [7, 11) is -3.77. The van der Waals surface area contributed by atoms with E-state index in [9.17, 15) is 13.2 Å². The third-order valence-corrected chi connectivity index (χ3v) is 6.68. The van der Waals surface area contributed by atoms with Crippen LogP contribution in [0.4, 0.5) is 11.4 Å². The van der Waals surface area contributed by atoms with Gasteiger partial charge in [-0.25, -0.2) is 8.42 Å². The highest BCUT2D eigenvalue weighted by Crippen LogP contribution is 2.22. The Labute approximate surface area is 171 Å². The van der Waals surface area contributed by atoms with Crippen molar-refractivity contribution in [2.24, 2.45) is 0 Å². The van der Waals surface area contributed by atoms with Crippen LogP contribution in [-0.4, -0.2) is 24.5 Å². The van der Waals surface area contributed by atoms with E-state index in [1.807, 2.05) is 19.1 Å². The van der Waals surface area contributed by atoms with Crippen molar-refractivity contribution in [3.05, 3.63) is 69.5 Å². The van der Waals surface area contributed by atoms with Crippen molar-refractivity contribution in [3.8, 4) is 0 Å². The number of aromatic nitrogens is 2. The van der Waals surface area contributed by atoms with E-state index in [1.165, 1.54) is 0 Å². The molecule has 1 amide bonds. The number of nitrogens with one attached hydrogen (secondary N) is 3. The van der Waals surface area contributed by atoms with Gasteiger partial charge in [0, 0.05) is 21.4 Å². The first kappa shape index (κ1) is 20.1. The molecule has 28 heavy (non-hydrogen) atoms. The number of aryl methyl sites for hydroxylation is 3. The zero-order valence-corrected chi connectivity index (χ0v) is 17.9. The fourth-order valence-corrected chi connectivity index (χ4v) is 4.44. The first-order valence-electron chi connectivity index (χ1n) is 8.39. The first-order chi connectivity index (χ1) is 13.2. The maximum Gasteiger partial charge on any atom is 0.265 e. The number of anilines is 2. The van der Waals surface area contributed by atoms with E-state index < -0.39 is 10.0 Å². The van der Waals surface area contributed by atoms with Crippen LogP contribution in [0.3, 0.4) is 0 Å². The molecular formula is C19H19BrN4O3S. The Hall–Kier alpha value is -2.65. The maximum absolute atomic E-state index is 12.6. The zero-order valence-electron chi connectivity index (χ0n) is 15.5. The molecule has 2 aromatic carbocycles. The molecular weight excluding hydrogens is 444 g/mol. The molecule has 0 aliphatic carbocycles. The van der Waals surface area contributed by atoms with Crippen molar-refractivity contribution in [2.75, 3.05) is 10.0 Å². The van der Waals surface area contributed by atoms with Crippen molar-refractivity contribution < 1.29 is 13.2 Å². The van der Waals surface area contributed by atoms with E-state index in [0.717, 1.165) is 10.0 Å². The smallest absolute Gasteiger partial charge is 0.265 e. The standard InChI is InChI=1S/C19H19BrN4O3S/c1-11-10-16(8-9-17(11)20)21-19(25)14-4-6-15(7-5-14)24-28(26,27)18-12(2)22-23-13(18)3/h4-10,24H,1-3H3,(H,21,25)(H,22,23). The second kappa shape index (κ2) is 7.76. The Kier molecular flexibility index (Phi) is 5.57. The number of amides is 1. The molecule has 3 aromatic rings. The van der Waals surface area contributed by atoms with E-state index in [0.29, 0.717) is 28.3 Å². The average Bonchev–Trinajstić information content (AvgIpc) is 2.97. The molecule has 0 unspecified atom stereocenters. The molecule has 3 N–H and O–H groups in total. The molecule has 9 heteroatoms. The summed E-state index contributed by atoms with van der Waals surface area (Å²) in [6, 6.07) is 11.7. The summed E-state index contributed by atoms with van der Waals surface area (Å²) in [5, 5.41) is 9.39. The maximum atomic E-state index is 12.6. The molecule has 1 heterocycles. The lowest BCUT2D eigenvalue weighted by molar-refractivity contribution is 0.102. The lowest BCUT2D eigenvalue weighted by Crippen LogP contribution is -2.15. The fourth-order valence-electron chi connectivity index (χ4n) is 2.76. The summed E-state index contributed by atoms with van der Waals surface area (Å²) in [4.78, 5) is 12.5. The molecule has 0 saturated carbocycles. The van der Waals surface area contributed by atoms with Gasteiger partial charge in [0.05, 0.1) is 11.4 Å². The molecule has 7 nitrogen and oxygen atoms in total. The van der Waals surface area contributed by atoms with E-state index >= 15 is 0 Å². The van der Waals surface area contributed by atoms with Crippen LogP contribution in [0, 0.1) is 20.8 Å². The van der Waals surface area contributed by atoms with Gasteiger partial charge < -0.3 is 5.32 Å². The van der Waals surface area contributed by atoms with Crippen LogP contribution < -0.4 is 10.0 Å². The van der Waals surface area contributed by atoms with Gasteiger partial charge in [0.1, 0.15) is 4.90 Å². The van der Waals surface area contributed by atoms with E-state index in [-0.39, 0.29) is 10.8 Å². The normalized spacial score (nSPS) is 11.3. The Balaban J connectivity index is 1.74. The largest absolute Gasteiger partial charge is 0.322 e. The molecule has 0 fully saturated rings. The van der Waals surface area contributed by atoms with Gasteiger partial charge in [-0.2, -0.15) is 5.10 Å². The van der Waals surface area contributed by atoms with Gasteiger partial charge in [-0.1, -0.05) is 15.9 Å². The highest BCUT2D eigenvalue weighted by Gasteiger charge is 2.22. The van der Waals surface area contributed by atoms with Crippen molar-refractivity contribution in [1.29, 1.82) is 0 Å². The molecule has 0 saturated heterocycles. The molecule has 3 rings (SSSR count). The third kappa shape index (κ3) is 4.26. The van der Waals surface area contributed by atoms with Crippen LogP contribution in [0.25, 0.3) is 0 Å². The highest BCUT2D eigenvalue weighted by atomic mass is 79.9. The number of nitrogens with zero attached hydrogens (tertiary/aromatic N) is 1. The summed E-state index contributed by atoms with van der Waals surface area (Å²) in [5.74, 6) is -0.280. The summed E-state index contributed by atoms with van der Waals surface area (Å²) in [6.07, 6.45) is 0. The lowest BCUT2D eigenvalue weighted by atomic mass is 10.2. The van der Waals surface area contributed by atoms with Crippen molar-refractivity contribution >= 4 is 43.2 Å². The monoisotopic (exact) mass is 462 g/mol. The second-order valence-corrected chi connectivity index (χ2v) is 8.84. The molecule has 0 bridgehead atoms. The number of hydrogen-bond acceptors (Lipinski definition) is 4. The molecule has 0 atom stereocenters. The molecule has 0 aliphatic heterocycles. The van der Waals surface area contributed by atoms with Gasteiger partial charge in [-0.3, -0.25) is 14.6 Å². The number of halogens is 1. The van der Waals surface area contributed by atoms with E-state index in [2.05, 4.69) is 36.2 Å². The molecule has 0 aliphatic rings. The summed E-state index contributed by atoms with van der Waals surface area (Å²) in [6.45, 7) is 5.20. The molecule has 146 valence electrons. The molecule has 0 radical (unpaired) electrons. The fraction of sp³-hybridized carbons (Fsp3) is 0.158. The topological polar surface area (TPSA) is 104 Å². The number of carbonyl (C=O) groups is 1. The molecule has 1 aromatic heterocycles. The van der Waals surface area contributed by atoms with Crippen molar-refractivity contribution in [1.82, 2.24) is 10.2 Å². The van der Waals surface area contributed by atoms with Crippen LogP contribution in [0.1, 0.15) is 27.3 Å². The summed E-state index contributed by atoms with van der Waals surface area (Å²) >= 11 is 3.42. The SMILES string of the molecule is Cc1cc(NC(=O)c2ccc(NS(=O)(=O)c3c(C)n[nH]c3C)cc2)ccc1Br. The van der Waals surface area contributed by atoms with Crippen LogP contribution in [0.15, 0.2) is 51.8 Å². The minimum Gasteiger partial charge on any atom is -0.322 e. The molecule has 0 spiro atoms. The van der Waals surface area contributed by atoms with Crippen LogP contribution in [0.5, 0.6) is 0 Å². The second-order valence-electron chi connectivity index (χ2n) is 6.36. The van der Waals surface area contributed by atoms with Gasteiger partial charge in [-0.05, 0) is 68.8 Å². The lowest BCUT2D eigenvalue weighted by Gasteiger charge is -2.10. The minimum absolute atomic E-state index is 0.125. The summed E-state index contributed by atoms with van der Waals surface area (Å²) in [5.41, 5.74) is 3.32. The van der Waals surface area contributed by atoms with Gasteiger partial charge in [-0.15, -0.1) is 0 Å². The Morgan fingerprint density at radius 2 is 1.68 bits per heavy atom. The van der Waals surface area contributed by atoms with Crippen molar-refractivity contribution in [2.45, 2.75) is 25.7 Å². The van der Waals surface area contributed by atoms with Crippen LogP contribution in [-0.2, 0) is 10.0 Å². The number of H-pyrrole nitrogens is 1. The number of rotatable bonds is 5. The number of aromatic amines is 1. The number of hydrogen-bond donors (Lipinski definition) is 3. The van der Waals surface area contributed by atoms with E-state index in [4.69, 9.17) is 0 Å². The Bertz CT molecular complexity index is 1120. The number of carbonyl (C=O) groups excluding carboxylic acids is 1. The number of benzene rings is 2. The first-order valence-corrected chi connectivity index (χ1v) is 10.7. The Morgan fingerprint density at radius 1 is 1.04 bits per heavy atom. The Morgan fingerprint density at radius 3 is 2.25 bits per heavy atom. The third-order valence-electron chi connectivity index (χ3n) is 4.14. The van der Waals surface area contributed by atoms with Gasteiger partial charge in [0.25, 0.3) is 15.9 Å². The van der Waals surface area contributed by atoms with Crippen molar-refractivity contribution in [3.63, 3.8) is 0 Å². The minimum atomic E-state index is -3.77. The highest BCUT2D eigenvalue weighted by molar-refractivity contribution is 9.10. The van der Waals surface area contributed by atoms with Gasteiger partial charge >= 0.3 is 0 Å². The van der Waals surface area contributed by atoms with Crippen LogP contribution >= 0.6 is 15.9 Å². The van der Waals surface area contributed by atoms with Gasteiger partial charge in [0.15, 0.2) is 0 Å². The van der Waals surface area contributed by atoms with E-state index in [1.54, 1.807) is 44.2 Å². The van der Waals surface area contributed by atoms with Crippen LogP contribution in [0.2, 0.25) is 0 Å². The summed E-state index contributed by atoms with van der Waals surface area (Å²) < 4.78 is 28.6.